The second-order valence-electron chi connectivity index (χ2n) is 3.45. The van der Waals surface area contributed by atoms with Crippen molar-refractivity contribution in [1.29, 1.82) is 0 Å². The zero-order valence-electron chi connectivity index (χ0n) is 8.74. The van der Waals surface area contributed by atoms with Crippen LogP contribution in [0.1, 0.15) is 37.8 Å². The minimum Gasteiger partial charge on any atom is -0.508 e. The standard InChI is InChI=1S/C11H16BrNO.ClH/c1-2-3-4-11(13)9-7-8(14)5-6-10(9)12;/h5-7,11,14H,2-4,13H2,1H3;1H/t11-;/m0./s1. The normalized spacial score (nSPS) is 11.9. The highest BCUT2D eigenvalue weighted by Gasteiger charge is 2.09. The molecular formula is C11H17BrClNO. The third kappa shape index (κ3) is 4.41. The summed E-state index contributed by atoms with van der Waals surface area (Å²) in [5, 5.41) is 9.34. The van der Waals surface area contributed by atoms with Crippen LogP contribution in [0.25, 0.3) is 0 Å². The Morgan fingerprint density at radius 1 is 1.47 bits per heavy atom. The number of phenols is 1. The average Bonchev–Trinajstić information content (AvgIpc) is 2.18. The Morgan fingerprint density at radius 2 is 2.13 bits per heavy atom. The summed E-state index contributed by atoms with van der Waals surface area (Å²) < 4.78 is 0.971. The molecule has 3 N–H and O–H groups in total. The van der Waals surface area contributed by atoms with E-state index in [0.717, 1.165) is 29.3 Å². The molecule has 15 heavy (non-hydrogen) atoms. The molecule has 0 amide bonds. The van der Waals surface area contributed by atoms with Crippen molar-refractivity contribution in [2.75, 3.05) is 0 Å². The Hall–Kier alpha value is -0.250. The van der Waals surface area contributed by atoms with Gasteiger partial charge >= 0.3 is 0 Å². The number of hydrogen-bond donors (Lipinski definition) is 2. The van der Waals surface area contributed by atoms with E-state index in [2.05, 4.69) is 22.9 Å². The van der Waals surface area contributed by atoms with Crippen LogP contribution in [0.2, 0.25) is 0 Å². The highest BCUT2D eigenvalue weighted by atomic mass is 79.9. The van der Waals surface area contributed by atoms with Crippen molar-refractivity contribution in [1.82, 2.24) is 0 Å². The largest absolute Gasteiger partial charge is 0.508 e. The van der Waals surface area contributed by atoms with Gasteiger partial charge in [-0.25, -0.2) is 0 Å². The molecule has 1 rings (SSSR count). The van der Waals surface area contributed by atoms with Gasteiger partial charge in [-0.15, -0.1) is 12.4 Å². The molecule has 0 saturated heterocycles. The quantitative estimate of drug-likeness (QED) is 0.888. The van der Waals surface area contributed by atoms with Crippen LogP contribution in [0.4, 0.5) is 0 Å². The summed E-state index contributed by atoms with van der Waals surface area (Å²) in [6, 6.07) is 5.22. The maximum atomic E-state index is 9.34. The van der Waals surface area contributed by atoms with E-state index >= 15 is 0 Å². The maximum absolute atomic E-state index is 9.34. The van der Waals surface area contributed by atoms with Crippen LogP contribution in [0.15, 0.2) is 22.7 Å². The minimum atomic E-state index is 0. The number of benzene rings is 1. The predicted octanol–water partition coefficient (Wildman–Crippen LogP) is 3.77. The fourth-order valence-corrected chi connectivity index (χ4v) is 1.94. The molecule has 0 radical (unpaired) electrons. The first kappa shape index (κ1) is 14.8. The topological polar surface area (TPSA) is 46.2 Å². The van der Waals surface area contributed by atoms with E-state index in [-0.39, 0.29) is 24.2 Å². The molecule has 0 fully saturated rings. The highest BCUT2D eigenvalue weighted by molar-refractivity contribution is 9.10. The van der Waals surface area contributed by atoms with Crippen LogP contribution in [0.5, 0.6) is 5.75 Å². The molecule has 0 spiro atoms. The third-order valence-corrected chi connectivity index (χ3v) is 2.97. The van der Waals surface area contributed by atoms with E-state index in [4.69, 9.17) is 5.73 Å². The average molecular weight is 295 g/mol. The fourth-order valence-electron chi connectivity index (χ4n) is 1.39. The number of nitrogens with two attached hydrogens (primary N) is 1. The third-order valence-electron chi connectivity index (χ3n) is 2.25. The summed E-state index contributed by atoms with van der Waals surface area (Å²) in [5.74, 6) is 0.273. The minimum absolute atomic E-state index is 0. The monoisotopic (exact) mass is 293 g/mol. The summed E-state index contributed by atoms with van der Waals surface area (Å²) in [5.41, 5.74) is 6.99. The Labute approximate surface area is 105 Å². The lowest BCUT2D eigenvalue weighted by Crippen LogP contribution is -2.10. The molecule has 86 valence electrons. The predicted molar refractivity (Wildman–Crippen MR) is 69.5 cm³/mol. The van der Waals surface area contributed by atoms with Crippen molar-refractivity contribution < 1.29 is 5.11 Å². The highest BCUT2D eigenvalue weighted by Crippen LogP contribution is 2.28. The number of aromatic hydroxyl groups is 1. The van der Waals surface area contributed by atoms with Crippen LogP contribution in [-0.2, 0) is 0 Å². The van der Waals surface area contributed by atoms with E-state index in [0.29, 0.717) is 0 Å². The van der Waals surface area contributed by atoms with Gasteiger partial charge in [0.1, 0.15) is 5.75 Å². The van der Waals surface area contributed by atoms with Crippen molar-refractivity contribution in [3.05, 3.63) is 28.2 Å². The summed E-state index contributed by atoms with van der Waals surface area (Å²) >= 11 is 3.43. The van der Waals surface area contributed by atoms with Crippen LogP contribution in [0, 0.1) is 0 Å². The lowest BCUT2D eigenvalue weighted by Gasteiger charge is -2.13. The van der Waals surface area contributed by atoms with Crippen LogP contribution in [-0.4, -0.2) is 5.11 Å². The van der Waals surface area contributed by atoms with E-state index in [1.165, 1.54) is 0 Å². The van der Waals surface area contributed by atoms with Crippen LogP contribution in [0.3, 0.4) is 0 Å². The van der Waals surface area contributed by atoms with E-state index in [1.807, 2.05) is 6.07 Å². The van der Waals surface area contributed by atoms with Crippen molar-refractivity contribution in [3.63, 3.8) is 0 Å². The smallest absolute Gasteiger partial charge is 0.115 e. The molecular weight excluding hydrogens is 277 g/mol. The van der Waals surface area contributed by atoms with Crippen molar-refractivity contribution in [3.8, 4) is 5.75 Å². The zero-order valence-corrected chi connectivity index (χ0v) is 11.1. The first-order valence-corrected chi connectivity index (χ1v) is 5.68. The van der Waals surface area contributed by atoms with E-state index in [9.17, 15) is 5.11 Å². The molecule has 0 saturated carbocycles. The lowest BCUT2D eigenvalue weighted by molar-refractivity contribution is 0.472. The molecule has 0 aliphatic rings. The fraction of sp³-hybridized carbons (Fsp3) is 0.455. The van der Waals surface area contributed by atoms with E-state index < -0.39 is 0 Å². The number of unbranched alkanes of at least 4 members (excludes halogenated alkanes) is 1. The molecule has 0 aliphatic heterocycles. The number of halogens is 2. The maximum Gasteiger partial charge on any atom is 0.115 e. The van der Waals surface area contributed by atoms with Gasteiger partial charge in [-0.1, -0.05) is 35.7 Å². The van der Waals surface area contributed by atoms with Gasteiger partial charge in [-0.2, -0.15) is 0 Å². The van der Waals surface area contributed by atoms with Crippen molar-refractivity contribution >= 4 is 28.3 Å². The van der Waals surface area contributed by atoms with Crippen molar-refractivity contribution in [2.45, 2.75) is 32.2 Å². The molecule has 2 nitrogen and oxygen atoms in total. The number of phenolic OH excluding ortho intramolecular Hbond substituents is 1. The zero-order chi connectivity index (χ0) is 10.6. The Kier molecular flexibility index (Phi) is 6.98. The van der Waals surface area contributed by atoms with Crippen LogP contribution >= 0.6 is 28.3 Å². The summed E-state index contributed by atoms with van der Waals surface area (Å²) in [7, 11) is 0. The first-order chi connectivity index (χ1) is 6.65. The second kappa shape index (κ2) is 7.09. The Bertz CT molecular complexity index is 307. The van der Waals surface area contributed by atoms with Crippen LogP contribution < -0.4 is 5.73 Å². The summed E-state index contributed by atoms with van der Waals surface area (Å²) in [6.07, 6.45) is 3.21. The molecule has 1 aromatic carbocycles. The van der Waals surface area contributed by atoms with Crippen molar-refractivity contribution in [2.24, 2.45) is 5.73 Å². The van der Waals surface area contributed by atoms with Gasteiger partial charge in [-0.05, 0) is 30.2 Å². The summed E-state index contributed by atoms with van der Waals surface area (Å²) in [6.45, 7) is 2.14. The number of rotatable bonds is 4. The number of hydrogen-bond acceptors (Lipinski definition) is 2. The second-order valence-corrected chi connectivity index (χ2v) is 4.31. The van der Waals surface area contributed by atoms with Gasteiger partial charge in [0.2, 0.25) is 0 Å². The SMILES string of the molecule is CCCC[C@H](N)c1cc(O)ccc1Br.Cl. The Balaban J connectivity index is 0.00000196. The van der Waals surface area contributed by atoms with E-state index in [1.54, 1.807) is 12.1 Å². The first-order valence-electron chi connectivity index (χ1n) is 4.89. The van der Waals surface area contributed by atoms with Gasteiger partial charge in [0.15, 0.2) is 0 Å². The van der Waals surface area contributed by atoms with Gasteiger partial charge in [0.25, 0.3) is 0 Å². The molecule has 0 bridgehead atoms. The Morgan fingerprint density at radius 3 is 2.73 bits per heavy atom. The van der Waals surface area contributed by atoms with Gasteiger partial charge in [-0.3, -0.25) is 0 Å². The molecule has 0 aliphatic carbocycles. The molecule has 4 heteroatoms. The molecule has 0 heterocycles. The van der Waals surface area contributed by atoms with Gasteiger partial charge in [0.05, 0.1) is 0 Å². The summed E-state index contributed by atoms with van der Waals surface area (Å²) in [4.78, 5) is 0. The molecule has 1 atom stereocenters. The molecule has 0 aromatic heterocycles. The van der Waals surface area contributed by atoms with Gasteiger partial charge < -0.3 is 10.8 Å². The lowest BCUT2D eigenvalue weighted by atomic mass is 10.0. The molecule has 1 aromatic rings. The van der Waals surface area contributed by atoms with Gasteiger partial charge in [0, 0.05) is 10.5 Å². The molecule has 0 unspecified atom stereocenters.